The first-order valence-electron chi connectivity index (χ1n) is 7.83. The molecule has 0 spiro atoms. The first-order chi connectivity index (χ1) is 11.5. The lowest BCUT2D eigenvalue weighted by Gasteiger charge is -2.11. The second-order valence-corrected chi connectivity index (χ2v) is 7.00. The number of guanidine groups is 1. The number of hydrogen-bond donors (Lipinski definition) is 2. The molecule has 0 bridgehead atoms. The van der Waals surface area contributed by atoms with Gasteiger partial charge in [-0.1, -0.05) is 46.5 Å². The van der Waals surface area contributed by atoms with E-state index < -0.39 is 0 Å². The molecule has 24 heavy (non-hydrogen) atoms. The Balaban J connectivity index is 1.81. The van der Waals surface area contributed by atoms with Crippen LogP contribution in [0.2, 0.25) is 5.02 Å². The molecule has 1 heterocycles. The fraction of sp³-hybridized carbons (Fsp3) is 0.412. The van der Waals surface area contributed by atoms with E-state index in [0.29, 0.717) is 12.5 Å². The lowest BCUT2D eigenvalue weighted by Crippen LogP contribution is -2.37. The highest BCUT2D eigenvalue weighted by atomic mass is 79.9. The van der Waals surface area contributed by atoms with Crippen molar-refractivity contribution >= 4 is 33.5 Å². The van der Waals surface area contributed by atoms with Crippen molar-refractivity contribution in [3.05, 3.63) is 50.8 Å². The van der Waals surface area contributed by atoms with E-state index in [1.807, 2.05) is 24.3 Å². The minimum atomic E-state index is 0.357. The summed E-state index contributed by atoms with van der Waals surface area (Å²) in [4.78, 5) is 4.21. The van der Waals surface area contributed by atoms with Gasteiger partial charge in [0.1, 0.15) is 0 Å². The van der Waals surface area contributed by atoms with E-state index >= 15 is 0 Å². The number of aliphatic imine (C=N–C) groups is 1. The first-order valence-corrected chi connectivity index (χ1v) is 9.00. The molecule has 0 saturated carbocycles. The SMILES string of the molecule is CN=C(NCCc1cc(Cl)ccc1Br)NCc1cc(C(C)C)no1. The van der Waals surface area contributed by atoms with Crippen LogP contribution in [0, 0.1) is 0 Å². The van der Waals surface area contributed by atoms with E-state index in [0.717, 1.165) is 45.4 Å². The normalized spacial score (nSPS) is 11.8. The van der Waals surface area contributed by atoms with Crippen LogP contribution in [0.5, 0.6) is 0 Å². The molecular weight excluding hydrogens is 392 g/mol. The highest BCUT2D eigenvalue weighted by molar-refractivity contribution is 9.10. The fourth-order valence-electron chi connectivity index (χ4n) is 2.13. The lowest BCUT2D eigenvalue weighted by atomic mass is 10.1. The Hall–Kier alpha value is -1.53. The van der Waals surface area contributed by atoms with Gasteiger partial charge in [0.2, 0.25) is 0 Å². The fourth-order valence-corrected chi connectivity index (χ4v) is 2.77. The van der Waals surface area contributed by atoms with Gasteiger partial charge in [0, 0.05) is 29.2 Å². The number of halogens is 2. The van der Waals surface area contributed by atoms with Gasteiger partial charge >= 0.3 is 0 Å². The quantitative estimate of drug-likeness (QED) is 0.552. The zero-order valence-electron chi connectivity index (χ0n) is 14.1. The van der Waals surface area contributed by atoms with Gasteiger partial charge in [-0.2, -0.15) is 0 Å². The van der Waals surface area contributed by atoms with Crippen LogP contribution in [0.3, 0.4) is 0 Å². The molecule has 0 saturated heterocycles. The lowest BCUT2D eigenvalue weighted by molar-refractivity contribution is 0.372. The minimum Gasteiger partial charge on any atom is -0.359 e. The molecule has 0 atom stereocenters. The van der Waals surface area contributed by atoms with Crippen molar-refractivity contribution in [2.75, 3.05) is 13.6 Å². The minimum absolute atomic E-state index is 0.357. The largest absolute Gasteiger partial charge is 0.359 e. The molecule has 0 aliphatic rings. The van der Waals surface area contributed by atoms with Crippen molar-refractivity contribution in [3.63, 3.8) is 0 Å². The van der Waals surface area contributed by atoms with Crippen LogP contribution in [-0.2, 0) is 13.0 Å². The maximum Gasteiger partial charge on any atom is 0.191 e. The third-order valence-corrected chi connectivity index (χ3v) is 4.53. The number of rotatable bonds is 6. The molecule has 0 unspecified atom stereocenters. The second-order valence-electron chi connectivity index (χ2n) is 5.71. The van der Waals surface area contributed by atoms with Crippen LogP contribution in [0.25, 0.3) is 0 Å². The van der Waals surface area contributed by atoms with Crippen molar-refractivity contribution in [2.45, 2.75) is 32.7 Å². The van der Waals surface area contributed by atoms with E-state index in [1.54, 1.807) is 7.05 Å². The molecular formula is C17H22BrClN4O. The Morgan fingerprint density at radius 2 is 2.12 bits per heavy atom. The smallest absolute Gasteiger partial charge is 0.191 e. The van der Waals surface area contributed by atoms with Gasteiger partial charge in [-0.05, 0) is 36.1 Å². The van der Waals surface area contributed by atoms with E-state index in [9.17, 15) is 0 Å². The van der Waals surface area contributed by atoms with Gasteiger partial charge in [-0.25, -0.2) is 0 Å². The Morgan fingerprint density at radius 3 is 2.79 bits per heavy atom. The number of benzene rings is 1. The molecule has 0 amide bonds. The zero-order chi connectivity index (χ0) is 17.5. The number of hydrogen-bond acceptors (Lipinski definition) is 3. The van der Waals surface area contributed by atoms with Crippen LogP contribution >= 0.6 is 27.5 Å². The van der Waals surface area contributed by atoms with Gasteiger partial charge in [0.05, 0.1) is 12.2 Å². The standard InChI is InChI=1S/C17H22BrClN4O/c1-11(2)16-9-14(24-23-16)10-22-17(20-3)21-7-6-12-8-13(19)4-5-15(12)18/h4-5,8-9,11H,6-7,10H2,1-3H3,(H2,20,21,22). The topological polar surface area (TPSA) is 62.5 Å². The van der Waals surface area contributed by atoms with Crippen molar-refractivity contribution < 1.29 is 4.52 Å². The average molecular weight is 414 g/mol. The Morgan fingerprint density at radius 1 is 1.33 bits per heavy atom. The summed E-state index contributed by atoms with van der Waals surface area (Å²) in [5, 5.41) is 11.3. The number of nitrogens with zero attached hydrogens (tertiary/aromatic N) is 2. The number of aromatic nitrogens is 1. The molecule has 0 aliphatic heterocycles. The molecule has 1 aromatic carbocycles. The van der Waals surface area contributed by atoms with Crippen LogP contribution in [0.1, 0.15) is 36.8 Å². The molecule has 1 aromatic heterocycles. The summed E-state index contributed by atoms with van der Waals surface area (Å²) >= 11 is 9.57. The molecule has 0 aliphatic carbocycles. The highest BCUT2D eigenvalue weighted by Gasteiger charge is 2.08. The summed E-state index contributed by atoms with van der Waals surface area (Å²) in [6.07, 6.45) is 0.835. The van der Waals surface area contributed by atoms with Crippen molar-refractivity contribution in [1.29, 1.82) is 0 Å². The van der Waals surface area contributed by atoms with Crippen molar-refractivity contribution in [1.82, 2.24) is 15.8 Å². The van der Waals surface area contributed by atoms with Gasteiger partial charge < -0.3 is 15.2 Å². The van der Waals surface area contributed by atoms with Crippen molar-refractivity contribution in [3.8, 4) is 0 Å². The molecule has 2 N–H and O–H groups in total. The van der Waals surface area contributed by atoms with Crippen molar-refractivity contribution in [2.24, 2.45) is 4.99 Å². The van der Waals surface area contributed by atoms with E-state index in [1.165, 1.54) is 0 Å². The van der Waals surface area contributed by atoms with Crippen LogP contribution in [-0.4, -0.2) is 24.7 Å². The predicted octanol–water partition coefficient (Wildman–Crippen LogP) is 4.12. The van der Waals surface area contributed by atoms with Gasteiger partial charge in [-0.3, -0.25) is 4.99 Å². The highest BCUT2D eigenvalue weighted by Crippen LogP contribution is 2.21. The van der Waals surface area contributed by atoms with Crippen LogP contribution in [0.15, 0.2) is 38.3 Å². The van der Waals surface area contributed by atoms with E-state index in [2.05, 4.69) is 50.6 Å². The molecule has 7 heteroatoms. The summed E-state index contributed by atoms with van der Waals surface area (Å²) in [5.74, 6) is 1.87. The maximum absolute atomic E-state index is 6.03. The summed E-state index contributed by atoms with van der Waals surface area (Å²) < 4.78 is 6.36. The number of nitrogens with one attached hydrogen (secondary N) is 2. The molecule has 0 fully saturated rings. The Kier molecular flexibility index (Phi) is 7.12. The van der Waals surface area contributed by atoms with E-state index in [4.69, 9.17) is 16.1 Å². The summed E-state index contributed by atoms with van der Waals surface area (Å²) in [6.45, 7) is 5.46. The second kappa shape index (κ2) is 9.08. The first kappa shape index (κ1) is 18.8. The summed E-state index contributed by atoms with van der Waals surface area (Å²) in [5.41, 5.74) is 2.11. The summed E-state index contributed by atoms with van der Waals surface area (Å²) in [6, 6.07) is 7.76. The van der Waals surface area contributed by atoms with E-state index in [-0.39, 0.29) is 0 Å². The van der Waals surface area contributed by atoms with Gasteiger partial charge in [0.25, 0.3) is 0 Å². The summed E-state index contributed by atoms with van der Waals surface area (Å²) in [7, 11) is 1.74. The van der Waals surface area contributed by atoms with Gasteiger partial charge in [-0.15, -0.1) is 0 Å². The Labute approximate surface area is 156 Å². The molecule has 2 rings (SSSR count). The monoisotopic (exact) mass is 412 g/mol. The third kappa shape index (κ3) is 5.53. The molecule has 2 aromatic rings. The third-order valence-electron chi connectivity index (χ3n) is 3.52. The van der Waals surface area contributed by atoms with Crippen LogP contribution < -0.4 is 10.6 Å². The van der Waals surface area contributed by atoms with Gasteiger partial charge in [0.15, 0.2) is 11.7 Å². The zero-order valence-corrected chi connectivity index (χ0v) is 16.4. The Bertz CT molecular complexity index is 700. The molecule has 5 nitrogen and oxygen atoms in total. The maximum atomic E-state index is 6.03. The average Bonchev–Trinajstić information content (AvgIpc) is 3.03. The predicted molar refractivity (Wildman–Crippen MR) is 102 cm³/mol. The molecule has 130 valence electrons. The van der Waals surface area contributed by atoms with Crippen LogP contribution in [0.4, 0.5) is 0 Å². The molecule has 0 radical (unpaired) electrons.